The maximum atomic E-state index is 6.18. The van der Waals surface area contributed by atoms with Gasteiger partial charge < -0.3 is 15.5 Å². The number of hydrogen-bond acceptors (Lipinski definition) is 6. The number of nitrogens with two attached hydrogens (primary N) is 1. The third-order valence-electron chi connectivity index (χ3n) is 4.07. The summed E-state index contributed by atoms with van der Waals surface area (Å²) in [6.07, 6.45) is 5.08. The van der Waals surface area contributed by atoms with Crippen molar-refractivity contribution in [1.82, 2.24) is 29.6 Å². The predicted molar refractivity (Wildman–Crippen MR) is 112 cm³/mol. The van der Waals surface area contributed by atoms with Gasteiger partial charge in [0.05, 0.1) is 5.54 Å². The van der Waals surface area contributed by atoms with Crippen molar-refractivity contribution in [3.63, 3.8) is 0 Å². The normalized spacial score (nSPS) is 15.7. The van der Waals surface area contributed by atoms with E-state index in [2.05, 4.69) is 55.6 Å². The van der Waals surface area contributed by atoms with Crippen molar-refractivity contribution in [2.24, 2.45) is 10.7 Å². The van der Waals surface area contributed by atoms with Gasteiger partial charge in [0.15, 0.2) is 5.96 Å². The lowest BCUT2D eigenvalue weighted by Crippen LogP contribution is -2.51. The van der Waals surface area contributed by atoms with Gasteiger partial charge in [-0.2, -0.15) is 5.10 Å². The highest BCUT2D eigenvalue weighted by Gasteiger charge is 2.21. The van der Waals surface area contributed by atoms with Crippen LogP contribution in [0.25, 0.3) is 0 Å². The van der Waals surface area contributed by atoms with Gasteiger partial charge in [-0.3, -0.25) is 0 Å². The standard InChI is InChI=1S/C16H25N9.HI/c1-16(2,3)25-13(21-12-22-25)11-20-14(17)23-7-9-24(10-8-23)15-18-5-4-6-19-15;/h4-6,12H,7-11H2,1-3H3,(H2,17,20);1H. The van der Waals surface area contributed by atoms with Crippen LogP contribution >= 0.6 is 24.0 Å². The molecule has 2 aromatic heterocycles. The lowest BCUT2D eigenvalue weighted by atomic mass is 10.1. The summed E-state index contributed by atoms with van der Waals surface area (Å²) in [5.41, 5.74) is 6.05. The zero-order valence-electron chi connectivity index (χ0n) is 15.4. The zero-order chi connectivity index (χ0) is 17.9. The molecule has 3 heterocycles. The van der Waals surface area contributed by atoms with Crippen LogP contribution in [0.4, 0.5) is 5.95 Å². The van der Waals surface area contributed by atoms with Crippen LogP contribution in [0.3, 0.4) is 0 Å². The maximum absolute atomic E-state index is 6.18. The number of piperazine rings is 1. The van der Waals surface area contributed by atoms with Crippen molar-refractivity contribution in [1.29, 1.82) is 0 Å². The van der Waals surface area contributed by atoms with E-state index < -0.39 is 0 Å². The van der Waals surface area contributed by atoms with Crippen molar-refractivity contribution in [3.05, 3.63) is 30.6 Å². The minimum atomic E-state index is -0.128. The Morgan fingerprint density at radius 3 is 2.38 bits per heavy atom. The second kappa shape index (κ2) is 8.60. The maximum Gasteiger partial charge on any atom is 0.225 e. The molecule has 3 rings (SSSR count). The molecule has 0 radical (unpaired) electrons. The summed E-state index contributed by atoms with van der Waals surface area (Å²) >= 11 is 0. The van der Waals surface area contributed by atoms with E-state index in [1.807, 2.05) is 10.7 Å². The zero-order valence-corrected chi connectivity index (χ0v) is 17.7. The van der Waals surface area contributed by atoms with Gasteiger partial charge in [0, 0.05) is 38.6 Å². The second-order valence-corrected chi connectivity index (χ2v) is 6.96. The van der Waals surface area contributed by atoms with Gasteiger partial charge >= 0.3 is 0 Å². The molecule has 0 unspecified atom stereocenters. The van der Waals surface area contributed by atoms with Gasteiger partial charge in [-0.1, -0.05) is 0 Å². The van der Waals surface area contributed by atoms with Crippen LogP contribution < -0.4 is 10.6 Å². The van der Waals surface area contributed by atoms with E-state index in [9.17, 15) is 0 Å². The molecular formula is C16H26IN9. The fourth-order valence-corrected chi connectivity index (χ4v) is 2.78. The highest BCUT2D eigenvalue weighted by atomic mass is 127. The number of aromatic nitrogens is 5. The number of anilines is 1. The van der Waals surface area contributed by atoms with Gasteiger partial charge in [-0.15, -0.1) is 24.0 Å². The first kappa shape index (κ1) is 20.3. The van der Waals surface area contributed by atoms with Crippen molar-refractivity contribution in [3.8, 4) is 0 Å². The van der Waals surface area contributed by atoms with Crippen LogP contribution in [0.1, 0.15) is 26.6 Å². The van der Waals surface area contributed by atoms with Crippen LogP contribution in [0, 0.1) is 0 Å². The van der Waals surface area contributed by atoms with Crippen molar-refractivity contribution < 1.29 is 0 Å². The first-order valence-electron chi connectivity index (χ1n) is 8.41. The monoisotopic (exact) mass is 471 g/mol. The van der Waals surface area contributed by atoms with Crippen molar-refractivity contribution >= 4 is 35.9 Å². The van der Waals surface area contributed by atoms with Crippen LogP contribution in [0.2, 0.25) is 0 Å². The molecule has 0 aromatic carbocycles. The molecule has 1 aliphatic heterocycles. The van der Waals surface area contributed by atoms with E-state index in [0.29, 0.717) is 12.5 Å². The van der Waals surface area contributed by atoms with Crippen molar-refractivity contribution in [2.45, 2.75) is 32.9 Å². The average Bonchev–Trinajstić information content (AvgIpc) is 3.10. The molecule has 0 bridgehead atoms. The summed E-state index contributed by atoms with van der Waals surface area (Å²) in [4.78, 5) is 21.6. The topological polar surface area (TPSA) is 101 Å². The highest BCUT2D eigenvalue weighted by molar-refractivity contribution is 14.0. The van der Waals surface area contributed by atoms with E-state index in [0.717, 1.165) is 38.0 Å². The van der Waals surface area contributed by atoms with Crippen LogP contribution in [-0.2, 0) is 12.1 Å². The van der Waals surface area contributed by atoms with Crippen LogP contribution in [-0.4, -0.2) is 61.8 Å². The van der Waals surface area contributed by atoms with E-state index in [1.54, 1.807) is 18.7 Å². The van der Waals surface area contributed by atoms with Crippen LogP contribution in [0.15, 0.2) is 29.8 Å². The van der Waals surface area contributed by atoms with E-state index in [1.165, 1.54) is 0 Å². The van der Waals surface area contributed by atoms with E-state index in [4.69, 9.17) is 5.73 Å². The molecule has 9 nitrogen and oxygen atoms in total. The fraction of sp³-hybridized carbons (Fsp3) is 0.562. The Morgan fingerprint density at radius 2 is 1.77 bits per heavy atom. The highest BCUT2D eigenvalue weighted by Crippen LogP contribution is 2.14. The van der Waals surface area contributed by atoms with E-state index in [-0.39, 0.29) is 29.5 Å². The average molecular weight is 471 g/mol. The summed E-state index contributed by atoms with van der Waals surface area (Å²) in [6, 6.07) is 1.82. The van der Waals surface area contributed by atoms with Gasteiger partial charge in [0.2, 0.25) is 5.95 Å². The van der Waals surface area contributed by atoms with Crippen molar-refractivity contribution in [2.75, 3.05) is 31.1 Å². The third-order valence-corrected chi connectivity index (χ3v) is 4.07. The summed E-state index contributed by atoms with van der Waals surface area (Å²) in [6.45, 7) is 9.90. The molecule has 2 aromatic rings. The molecule has 1 aliphatic rings. The summed E-state index contributed by atoms with van der Waals surface area (Å²) in [5, 5.41) is 4.28. The summed E-state index contributed by atoms with van der Waals surface area (Å²) in [7, 11) is 0. The lowest BCUT2D eigenvalue weighted by molar-refractivity contribution is 0.340. The van der Waals surface area contributed by atoms with Gasteiger partial charge in [0.25, 0.3) is 0 Å². The molecule has 0 spiro atoms. The Bertz CT molecular complexity index is 715. The van der Waals surface area contributed by atoms with E-state index >= 15 is 0 Å². The number of rotatable bonds is 3. The number of halogens is 1. The third kappa shape index (κ3) is 4.80. The molecule has 142 valence electrons. The molecule has 0 saturated carbocycles. The first-order valence-corrected chi connectivity index (χ1v) is 8.41. The molecular weight excluding hydrogens is 445 g/mol. The Kier molecular flexibility index (Phi) is 6.73. The molecule has 2 N–H and O–H groups in total. The molecule has 0 amide bonds. The minimum Gasteiger partial charge on any atom is -0.370 e. The molecule has 1 saturated heterocycles. The minimum absolute atomic E-state index is 0. The summed E-state index contributed by atoms with van der Waals surface area (Å²) in [5.74, 6) is 2.11. The van der Waals surface area contributed by atoms with Gasteiger partial charge in [-0.05, 0) is 26.8 Å². The Hall–Kier alpha value is -1.98. The smallest absolute Gasteiger partial charge is 0.225 e. The SMILES string of the molecule is CC(C)(C)n1ncnc1CN=C(N)N1CCN(c2ncccn2)CC1.I. The Morgan fingerprint density at radius 1 is 1.12 bits per heavy atom. The molecule has 26 heavy (non-hydrogen) atoms. The number of nitrogens with zero attached hydrogens (tertiary/aromatic N) is 8. The fourth-order valence-electron chi connectivity index (χ4n) is 2.78. The second-order valence-electron chi connectivity index (χ2n) is 6.96. The molecule has 10 heteroatoms. The number of aliphatic imine (C=N–C) groups is 1. The molecule has 0 aliphatic carbocycles. The van der Waals surface area contributed by atoms with Gasteiger partial charge in [0.1, 0.15) is 18.7 Å². The Balaban J connectivity index is 0.00000243. The number of guanidine groups is 1. The summed E-state index contributed by atoms with van der Waals surface area (Å²) < 4.78 is 1.88. The van der Waals surface area contributed by atoms with Crippen LogP contribution in [0.5, 0.6) is 0 Å². The molecule has 1 fully saturated rings. The Labute approximate surface area is 170 Å². The lowest BCUT2D eigenvalue weighted by Gasteiger charge is -2.35. The predicted octanol–water partition coefficient (Wildman–Crippen LogP) is 1.08. The molecule has 0 atom stereocenters. The largest absolute Gasteiger partial charge is 0.370 e. The first-order chi connectivity index (χ1) is 11.9. The number of hydrogen-bond donors (Lipinski definition) is 1. The quantitative estimate of drug-likeness (QED) is 0.406. The van der Waals surface area contributed by atoms with Gasteiger partial charge in [-0.25, -0.2) is 24.6 Å².